The quantitative estimate of drug-likeness (QED) is 0.732. The second-order valence-corrected chi connectivity index (χ2v) is 5.37. The molecule has 0 aliphatic carbocycles. The fraction of sp³-hybridized carbons (Fsp3) is 0.500. The van der Waals surface area contributed by atoms with Crippen LogP contribution in [0.5, 0.6) is 0 Å². The molecule has 1 rings (SSSR count). The fourth-order valence-corrected chi connectivity index (χ4v) is 3.41. The minimum absolute atomic E-state index is 0.650. The maximum absolute atomic E-state index is 2.26. The van der Waals surface area contributed by atoms with Crippen LogP contribution in [0.2, 0.25) is 0 Å². The van der Waals surface area contributed by atoms with Gasteiger partial charge in [0.1, 0.15) is 0 Å². The summed E-state index contributed by atoms with van der Waals surface area (Å²) in [5.41, 5.74) is 3.03. The molecule has 0 fully saturated rings. The molecule has 0 saturated heterocycles. The SMILES string of the molecule is CC(C)c1cccc(C(C)C)[c]1[Sb]. The van der Waals surface area contributed by atoms with E-state index in [-0.39, 0.29) is 0 Å². The zero-order chi connectivity index (χ0) is 10.0. The third kappa shape index (κ3) is 2.50. The van der Waals surface area contributed by atoms with E-state index in [9.17, 15) is 0 Å². The van der Waals surface area contributed by atoms with Gasteiger partial charge in [-0.3, -0.25) is 0 Å². The summed E-state index contributed by atoms with van der Waals surface area (Å²) in [6, 6.07) is 6.70. The van der Waals surface area contributed by atoms with Crippen molar-refractivity contribution in [3.63, 3.8) is 0 Å². The Kier molecular flexibility index (Phi) is 3.85. The molecule has 0 unspecified atom stereocenters. The van der Waals surface area contributed by atoms with Gasteiger partial charge in [0.25, 0.3) is 0 Å². The van der Waals surface area contributed by atoms with Gasteiger partial charge in [0.15, 0.2) is 0 Å². The zero-order valence-electron chi connectivity index (χ0n) is 8.83. The molecule has 1 aromatic rings. The van der Waals surface area contributed by atoms with Crippen LogP contribution < -0.4 is 3.51 Å². The maximum atomic E-state index is 2.26. The van der Waals surface area contributed by atoms with Crippen LogP contribution in [0.4, 0.5) is 0 Å². The van der Waals surface area contributed by atoms with E-state index in [0.717, 1.165) is 0 Å². The summed E-state index contributed by atoms with van der Waals surface area (Å²) >= 11 is 1.86. The molecule has 0 saturated carbocycles. The van der Waals surface area contributed by atoms with Gasteiger partial charge < -0.3 is 0 Å². The van der Waals surface area contributed by atoms with Crippen LogP contribution in [0.15, 0.2) is 18.2 Å². The average Bonchev–Trinajstić information content (AvgIpc) is 2.03. The van der Waals surface area contributed by atoms with E-state index in [1.54, 1.807) is 0 Å². The summed E-state index contributed by atoms with van der Waals surface area (Å²) in [4.78, 5) is 0. The van der Waals surface area contributed by atoms with Gasteiger partial charge in [0.05, 0.1) is 0 Å². The van der Waals surface area contributed by atoms with Crippen molar-refractivity contribution in [2.75, 3.05) is 0 Å². The topological polar surface area (TPSA) is 0 Å². The van der Waals surface area contributed by atoms with Crippen molar-refractivity contribution in [2.45, 2.75) is 39.5 Å². The van der Waals surface area contributed by atoms with Crippen LogP contribution in [0, 0.1) is 0 Å². The normalized spacial score (nSPS) is 11.3. The van der Waals surface area contributed by atoms with Crippen molar-refractivity contribution >= 4 is 26.5 Å². The predicted octanol–water partition coefficient (Wildman–Crippen LogP) is 2.73. The van der Waals surface area contributed by atoms with Gasteiger partial charge in [-0.2, -0.15) is 0 Å². The Balaban J connectivity index is 3.18. The summed E-state index contributed by atoms with van der Waals surface area (Å²) < 4.78 is 1.53. The first-order valence-corrected chi connectivity index (χ1v) is 6.13. The third-order valence-corrected chi connectivity index (χ3v) is 3.82. The summed E-state index contributed by atoms with van der Waals surface area (Å²) in [7, 11) is 0. The van der Waals surface area contributed by atoms with Gasteiger partial charge in [-0.1, -0.05) is 0 Å². The van der Waals surface area contributed by atoms with Gasteiger partial charge in [0, 0.05) is 0 Å². The Labute approximate surface area is 95.2 Å². The van der Waals surface area contributed by atoms with Gasteiger partial charge >= 0.3 is 95.4 Å². The molecule has 0 atom stereocenters. The Hall–Kier alpha value is 0.0382. The minimum atomic E-state index is 0.650. The number of hydrogen-bond acceptors (Lipinski definition) is 0. The monoisotopic (exact) mass is 282 g/mol. The molecule has 70 valence electrons. The van der Waals surface area contributed by atoms with Crippen molar-refractivity contribution in [3.8, 4) is 0 Å². The molecule has 1 heteroatoms. The number of benzene rings is 1. The van der Waals surface area contributed by atoms with E-state index in [0.29, 0.717) is 11.8 Å². The molecule has 1 aromatic carbocycles. The summed E-state index contributed by atoms with van der Waals surface area (Å²) in [6.07, 6.45) is 0. The summed E-state index contributed by atoms with van der Waals surface area (Å²) in [5, 5.41) is 0. The molecule has 0 aliphatic rings. The van der Waals surface area contributed by atoms with E-state index in [1.165, 1.54) is 14.6 Å². The first kappa shape index (κ1) is 11.1. The van der Waals surface area contributed by atoms with E-state index >= 15 is 0 Å². The van der Waals surface area contributed by atoms with Crippen LogP contribution in [0.25, 0.3) is 0 Å². The standard InChI is InChI=1S/C12H17.Sb/c1-9(2)11-6-5-7-12(8-11)10(3)4;/h5-7,9-10H,1-4H3;. The molecule has 0 nitrogen and oxygen atoms in total. The molecule has 0 aromatic heterocycles. The van der Waals surface area contributed by atoms with Crippen molar-refractivity contribution in [2.24, 2.45) is 0 Å². The van der Waals surface area contributed by atoms with Crippen LogP contribution >= 0.6 is 0 Å². The molecule has 0 aliphatic heterocycles. The van der Waals surface area contributed by atoms with E-state index < -0.39 is 0 Å². The second kappa shape index (κ2) is 4.51. The number of rotatable bonds is 2. The molecular weight excluding hydrogens is 266 g/mol. The van der Waals surface area contributed by atoms with E-state index in [4.69, 9.17) is 0 Å². The molecule has 0 N–H and O–H groups in total. The first-order chi connectivity index (χ1) is 6.04. The zero-order valence-corrected chi connectivity index (χ0v) is 11.4. The molecule has 0 bridgehead atoms. The second-order valence-electron chi connectivity index (χ2n) is 4.09. The van der Waals surface area contributed by atoms with E-state index in [1.807, 2.05) is 23.0 Å². The number of hydrogen-bond donors (Lipinski definition) is 0. The molecule has 13 heavy (non-hydrogen) atoms. The Bertz CT molecular complexity index is 261. The first-order valence-electron chi connectivity index (χ1n) is 4.85. The third-order valence-electron chi connectivity index (χ3n) is 2.34. The van der Waals surface area contributed by atoms with Crippen molar-refractivity contribution in [1.82, 2.24) is 0 Å². The molecule has 2 radical (unpaired) electrons. The molecule has 0 heterocycles. The van der Waals surface area contributed by atoms with Gasteiger partial charge in [-0.05, 0) is 0 Å². The molecular formula is C12H17Sb. The molecule has 0 spiro atoms. The van der Waals surface area contributed by atoms with Gasteiger partial charge in [-0.25, -0.2) is 0 Å². The van der Waals surface area contributed by atoms with Crippen molar-refractivity contribution < 1.29 is 0 Å². The van der Waals surface area contributed by atoms with Crippen molar-refractivity contribution in [1.29, 1.82) is 0 Å². The van der Waals surface area contributed by atoms with Crippen LogP contribution in [0.3, 0.4) is 0 Å². The van der Waals surface area contributed by atoms with Crippen LogP contribution in [0.1, 0.15) is 50.7 Å². The van der Waals surface area contributed by atoms with Gasteiger partial charge in [-0.15, -0.1) is 0 Å². The Morgan fingerprint density at radius 2 is 1.31 bits per heavy atom. The van der Waals surface area contributed by atoms with Crippen LogP contribution in [-0.2, 0) is 0 Å². The molecule has 0 amide bonds. The van der Waals surface area contributed by atoms with Crippen molar-refractivity contribution in [3.05, 3.63) is 29.3 Å². The van der Waals surface area contributed by atoms with Gasteiger partial charge in [0.2, 0.25) is 0 Å². The summed E-state index contributed by atoms with van der Waals surface area (Å²) in [6.45, 7) is 9.06. The average molecular weight is 283 g/mol. The Morgan fingerprint density at radius 3 is 1.62 bits per heavy atom. The predicted molar refractivity (Wildman–Crippen MR) is 60.0 cm³/mol. The Morgan fingerprint density at radius 1 is 0.923 bits per heavy atom. The summed E-state index contributed by atoms with van der Waals surface area (Å²) in [5.74, 6) is 1.30. The van der Waals surface area contributed by atoms with E-state index in [2.05, 4.69) is 45.9 Å². The van der Waals surface area contributed by atoms with Crippen LogP contribution in [-0.4, -0.2) is 23.0 Å². The fourth-order valence-electron chi connectivity index (χ4n) is 1.51.